The molecule has 1 aliphatic carbocycles. The first kappa shape index (κ1) is 17.6. The lowest BCUT2D eigenvalue weighted by atomic mass is 10.3. The van der Waals surface area contributed by atoms with E-state index in [1.807, 2.05) is 0 Å². The number of hydrogen-bond donors (Lipinski definition) is 1. The predicted octanol–water partition coefficient (Wildman–Crippen LogP) is 2.88. The van der Waals surface area contributed by atoms with E-state index in [9.17, 15) is 9.50 Å². The smallest absolute Gasteiger partial charge is 0.228 e. The maximum atomic E-state index is 12.9. The molecule has 1 aromatic carbocycles. The molecule has 1 saturated heterocycles. The fourth-order valence-electron chi connectivity index (χ4n) is 3.09. The molecular weight excluding hydrogens is 355 g/mol. The molecule has 1 N–H and O–H groups in total. The molecule has 8 heteroatoms. The second-order valence-electron chi connectivity index (χ2n) is 6.81. The zero-order chi connectivity index (χ0) is 17.9. The zero-order valence-electron chi connectivity index (χ0n) is 14.6. The van der Waals surface area contributed by atoms with E-state index in [1.54, 1.807) is 12.1 Å². The number of thioether (sulfide) groups is 1. The maximum Gasteiger partial charge on any atom is 0.228 e. The van der Waals surface area contributed by atoms with Crippen LogP contribution in [0.25, 0.3) is 0 Å². The van der Waals surface area contributed by atoms with Gasteiger partial charge < -0.3 is 14.7 Å². The Hall–Kier alpha value is -1.80. The average molecular weight is 378 g/mol. The van der Waals surface area contributed by atoms with Gasteiger partial charge in [-0.2, -0.15) is 0 Å². The average Bonchev–Trinajstić information content (AvgIpc) is 3.17. The van der Waals surface area contributed by atoms with Crippen LogP contribution >= 0.6 is 11.8 Å². The number of aliphatic hydroxyl groups excluding tert-OH is 1. The van der Waals surface area contributed by atoms with Crippen LogP contribution in [0, 0.1) is 5.82 Å². The van der Waals surface area contributed by atoms with Crippen molar-refractivity contribution in [1.29, 1.82) is 0 Å². The Morgan fingerprint density at radius 2 is 1.92 bits per heavy atom. The molecule has 26 heavy (non-hydrogen) atoms. The second-order valence-corrected chi connectivity index (χ2v) is 7.79. The fourth-order valence-corrected chi connectivity index (χ4v) is 4.00. The molecule has 1 unspecified atom stereocenters. The number of hydrogen-bond acceptors (Lipinski definition) is 6. The van der Waals surface area contributed by atoms with Gasteiger partial charge >= 0.3 is 0 Å². The van der Waals surface area contributed by atoms with Gasteiger partial charge in [-0.25, -0.2) is 4.39 Å². The zero-order valence-corrected chi connectivity index (χ0v) is 15.4. The Kier molecular flexibility index (Phi) is 5.31. The van der Waals surface area contributed by atoms with Crippen LogP contribution in [0.3, 0.4) is 0 Å². The highest BCUT2D eigenvalue weighted by Crippen LogP contribution is 2.41. The van der Waals surface area contributed by atoms with E-state index >= 15 is 0 Å². The van der Waals surface area contributed by atoms with Gasteiger partial charge in [0.25, 0.3) is 0 Å². The molecule has 4 rings (SSSR count). The third-order valence-corrected chi connectivity index (χ3v) is 5.70. The number of benzene rings is 1. The fraction of sp³-hybridized carbons (Fsp3) is 0.556. The summed E-state index contributed by atoms with van der Waals surface area (Å²) >= 11 is 1.51. The standard InChI is InChI=1S/C18H23FN4O2S/c19-13-3-7-16(8-4-13)25-11-15(24)12-26-18-21-20-17(22-9-1-2-10-22)23(18)14-5-6-14/h3-4,7-8,14-15,24H,1-2,5-6,9-12H2. The summed E-state index contributed by atoms with van der Waals surface area (Å²) in [6.45, 7) is 2.25. The summed E-state index contributed by atoms with van der Waals surface area (Å²) < 4.78 is 20.6. The lowest BCUT2D eigenvalue weighted by Gasteiger charge is -2.18. The topological polar surface area (TPSA) is 63.4 Å². The molecule has 0 spiro atoms. The quantitative estimate of drug-likeness (QED) is 0.713. The van der Waals surface area contributed by atoms with Crippen molar-refractivity contribution in [3.05, 3.63) is 30.1 Å². The van der Waals surface area contributed by atoms with E-state index in [4.69, 9.17) is 4.74 Å². The highest BCUT2D eigenvalue weighted by molar-refractivity contribution is 7.99. The number of aromatic nitrogens is 3. The lowest BCUT2D eigenvalue weighted by Crippen LogP contribution is -2.22. The minimum atomic E-state index is -0.635. The van der Waals surface area contributed by atoms with Crippen molar-refractivity contribution in [2.45, 2.75) is 43.0 Å². The van der Waals surface area contributed by atoms with E-state index in [0.717, 1.165) is 24.2 Å². The first-order chi connectivity index (χ1) is 12.7. The van der Waals surface area contributed by atoms with Gasteiger partial charge in [-0.3, -0.25) is 4.57 Å². The van der Waals surface area contributed by atoms with Crippen molar-refractivity contribution in [1.82, 2.24) is 14.8 Å². The van der Waals surface area contributed by atoms with Crippen LogP contribution in [0.4, 0.5) is 10.3 Å². The first-order valence-electron chi connectivity index (χ1n) is 9.10. The molecule has 1 aliphatic heterocycles. The molecule has 1 saturated carbocycles. The van der Waals surface area contributed by atoms with Gasteiger partial charge in [0.05, 0.1) is 6.10 Å². The maximum absolute atomic E-state index is 12.9. The number of aliphatic hydroxyl groups is 1. The molecule has 2 aromatic rings. The Balaban J connectivity index is 1.33. The Labute approximate surface area is 156 Å². The van der Waals surface area contributed by atoms with Crippen molar-refractivity contribution in [2.75, 3.05) is 30.3 Å². The summed E-state index contributed by atoms with van der Waals surface area (Å²) in [6.07, 6.45) is 4.12. The summed E-state index contributed by atoms with van der Waals surface area (Å²) in [5.74, 6) is 1.70. The van der Waals surface area contributed by atoms with Crippen molar-refractivity contribution in [3.8, 4) is 5.75 Å². The van der Waals surface area contributed by atoms with Gasteiger partial charge in [0.15, 0.2) is 5.16 Å². The summed E-state index contributed by atoms with van der Waals surface area (Å²) in [5, 5.41) is 19.8. The van der Waals surface area contributed by atoms with Crippen LogP contribution in [0.1, 0.15) is 31.7 Å². The Bertz CT molecular complexity index is 729. The minimum Gasteiger partial charge on any atom is -0.491 e. The van der Waals surface area contributed by atoms with Crippen LogP contribution in [-0.2, 0) is 0 Å². The molecule has 6 nitrogen and oxygen atoms in total. The van der Waals surface area contributed by atoms with E-state index < -0.39 is 6.10 Å². The van der Waals surface area contributed by atoms with E-state index in [0.29, 0.717) is 17.5 Å². The largest absolute Gasteiger partial charge is 0.491 e. The molecule has 1 aromatic heterocycles. The number of nitrogens with zero attached hydrogens (tertiary/aromatic N) is 4. The Morgan fingerprint density at radius 3 is 2.62 bits per heavy atom. The summed E-state index contributed by atoms with van der Waals surface area (Å²) in [5.41, 5.74) is 0. The van der Waals surface area contributed by atoms with E-state index in [2.05, 4.69) is 19.7 Å². The lowest BCUT2D eigenvalue weighted by molar-refractivity contribution is 0.126. The van der Waals surface area contributed by atoms with Crippen molar-refractivity contribution in [3.63, 3.8) is 0 Å². The van der Waals surface area contributed by atoms with Crippen molar-refractivity contribution >= 4 is 17.7 Å². The van der Waals surface area contributed by atoms with Crippen LogP contribution in [0.15, 0.2) is 29.4 Å². The van der Waals surface area contributed by atoms with Gasteiger partial charge in [0, 0.05) is 24.9 Å². The van der Waals surface area contributed by atoms with Crippen molar-refractivity contribution < 1.29 is 14.2 Å². The Morgan fingerprint density at radius 1 is 1.19 bits per heavy atom. The van der Waals surface area contributed by atoms with Gasteiger partial charge in [0.2, 0.25) is 5.95 Å². The predicted molar refractivity (Wildman–Crippen MR) is 98.4 cm³/mol. The van der Waals surface area contributed by atoms with Gasteiger partial charge in [0.1, 0.15) is 18.2 Å². The number of anilines is 1. The number of halogens is 1. The number of rotatable bonds is 8. The molecule has 2 fully saturated rings. The number of ether oxygens (including phenoxy) is 1. The van der Waals surface area contributed by atoms with Crippen molar-refractivity contribution in [2.24, 2.45) is 0 Å². The third-order valence-electron chi connectivity index (χ3n) is 4.61. The highest BCUT2D eigenvalue weighted by atomic mass is 32.2. The molecule has 0 bridgehead atoms. The third kappa shape index (κ3) is 4.12. The molecular formula is C18H23FN4O2S. The minimum absolute atomic E-state index is 0.162. The molecule has 0 radical (unpaired) electrons. The van der Waals surface area contributed by atoms with Crippen LogP contribution in [0.2, 0.25) is 0 Å². The normalized spacial score (nSPS) is 18.3. The SMILES string of the molecule is OC(COc1ccc(F)cc1)CSc1nnc(N2CCCC2)n1C1CC1. The van der Waals surface area contributed by atoms with Crippen LogP contribution in [-0.4, -0.2) is 51.4 Å². The molecule has 2 aliphatic rings. The summed E-state index contributed by atoms with van der Waals surface area (Å²) in [6, 6.07) is 6.29. The van der Waals surface area contributed by atoms with Gasteiger partial charge in [-0.05, 0) is 49.9 Å². The van der Waals surface area contributed by atoms with Gasteiger partial charge in [-0.1, -0.05) is 11.8 Å². The van der Waals surface area contributed by atoms with Crippen LogP contribution < -0.4 is 9.64 Å². The molecule has 140 valence electrons. The van der Waals surface area contributed by atoms with E-state index in [1.165, 1.54) is 49.6 Å². The monoisotopic (exact) mass is 378 g/mol. The first-order valence-corrected chi connectivity index (χ1v) is 10.1. The molecule has 2 heterocycles. The van der Waals surface area contributed by atoms with Gasteiger partial charge in [-0.15, -0.1) is 10.2 Å². The molecule has 1 atom stereocenters. The highest BCUT2D eigenvalue weighted by Gasteiger charge is 2.32. The van der Waals surface area contributed by atoms with E-state index in [-0.39, 0.29) is 12.4 Å². The second kappa shape index (κ2) is 7.84. The molecule has 0 amide bonds. The van der Waals surface area contributed by atoms with Crippen LogP contribution in [0.5, 0.6) is 5.75 Å². The summed E-state index contributed by atoms with van der Waals surface area (Å²) in [7, 11) is 0. The summed E-state index contributed by atoms with van der Waals surface area (Å²) in [4.78, 5) is 2.31.